The first-order valence-corrected chi connectivity index (χ1v) is 6.60. The molecule has 0 aliphatic heterocycles. The zero-order chi connectivity index (χ0) is 16.1. The third kappa shape index (κ3) is 3.28. The molecule has 2 aromatic rings. The molecule has 1 aromatic carbocycles. The van der Waals surface area contributed by atoms with Gasteiger partial charge in [0.05, 0.1) is 38.7 Å². The minimum Gasteiger partial charge on any atom is -0.496 e. The molecule has 0 saturated carbocycles. The quantitative estimate of drug-likeness (QED) is 0.605. The van der Waals surface area contributed by atoms with Gasteiger partial charge in [0.25, 0.3) is 0 Å². The number of ether oxygens (including phenoxy) is 3. The second kappa shape index (κ2) is 6.80. The zero-order valence-corrected chi connectivity index (χ0v) is 13.0. The van der Waals surface area contributed by atoms with Crippen molar-refractivity contribution in [2.24, 2.45) is 7.05 Å². The number of methoxy groups -OCH3 is 3. The van der Waals surface area contributed by atoms with Crippen LogP contribution in [0.1, 0.15) is 15.9 Å². The normalized spacial score (nSPS) is 10.7. The highest BCUT2D eigenvalue weighted by molar-refractivity contribution is 6.06. The molecule has 0 spiro atoms. The van der Waals surface area contributed by atoms with Gasteiger partial charge in [-0.3, -0.25) is 9.48 Å². The molecule has 0 N–H and O–H groups in total. The van der Waals surface area contributed by atoms with Crippen LogP contribution in [0.3, 0.4) is 0 Å². The van der Waals surface area contributed by atoms with Crippen molar-refractivity contribution in [1.82, 2.24) is 9.78 Å². The molecule has 0 atom stereocenters. The first-order chi connectivity index (χ1) is 10.6. The van der Waals surface area contributed by atoms with E-state index in [-0.39, 0.29) is 5.78 Å². The standard InChI is InChI=1S/C16H18N2O4/c1-18-10-11(9-17-18)14(19)6-5-13-15(21-3)7-12(20-2)8-16(13)22-4/h5-10H,1-4H3. The van der Waals surface area contributed by atoms with Crippen LogP contribution in [-0.4, -0.2) is 36.9 Å². The van der Waals surface area contributed by atoms with Crippen molar-refractivity contribution < 1.29 is 19.0 Å². The van der Waals surface area contributed by atoms with E-state index in [0.717, 1.165) is 0 Å². The summed E-state index contributed by atoms with van der Waals surface area (Å²) in [6, 6.07) is 3.47. The summed E-state index contributed by atoms with van der Waals surface area (Å²) in [7, 11) is 6.43. The van der Waals surface area contributed by atoms with Crippen LogP contribution >= 0.6 is 0 Å². The highest BCUT2D eigenvalue weighted by atomic mass is 16.5. The average Bonchev–Trinajstić information content (AvgIpc) is 2.98. The maximum Gasteiger partial charge on any atom is 0.189 e. The van der Waals surface area contributed by atoms with E-state index < -0.39 is 0 Å². The predicted octanol–water partition coefficient (Wildman–Crippen LogP) is 2.34. The van der Waals surface area contributed by atoms with Crippen LogP contribution in [0.25, 0.3) is 6.08 Å². The van der Waals surface area contributed by atoms with Crippen molar-refractivity contribution >= 4 is 11.9 Å². The van der Waals surface area contributed by atoms with E-state index in [1.165, 1.54) is 12.3 Å². The van der Waals surface area contributed by atoms with Crippen molar-refractivity contribution in [1.29, 1.82) is 0 Å². The first-order valence-electron chi connectivity index (χ1n) is 6.60. The van der Waals surface area contributed by atoms with Gasteiger partial charge in [0.15, 0.2) is 5.78 Å². The molecule has 0 saturated heterocycles. The van der Waals surface area contributed by atoms with Gasteiger partial charge in [-0.2, -0.15) is 5.10 Å². The van der Waals surface area contributed by atoms with Gasteiger partial charge in [-0.25, -0.2) is 0 Å². The van der Waals surface area contributed by atoms with Gasteiger partial charge >= 0.3 is 0 Å². The highest BCUT2D eigenvalue weighted by Gasteiger charge is 2.12. The molecule has 0 aliphatic carbocycles. The molecule has 1 aromatic heterocycles. The predicted molar refractivity (Wildman–Crippen MR) is 82.7 cm³/mol. The van der Waals surface area contributed by atoms with Crippen molar-refractivity contribution in [2.45, 2.75) is 0 Å². The fourth-order valence-corrected chi connectivity index (χ4v) is 2.00. The fraction of sp³-hybridized carbons (Fsp3) is 0.250. The largest absolute Gasteiger partial charge is 0.496 e. The lowest BCUT2D eigenvalue weighted by Gasteiger charge is -2.12. The van der Waals surface area contributed by atoms with Crippen molar-refractivity contribution in [3.05, 3.63) is 41.7 Å². The van der Waals surface area contributed by atoms with Crippen LogP contribution in [0.15, 0.2) is 30.6 Å². The SMILES string of the molecule is COc1cc(OC)c(C=CC(=O)c2cnn(C)c2)c(OC)c1. The first kappa shape index (κ1) is 15.6. The summed E-state index contributed by atoms with van der Waals surface area (Å²) < 4.78 is 17.4. The second-order valence-electron chi connectivity index (χ2n) is 4.55. The molecule has 6 nitrogen and oxygen atoms in total. The molecule has 0 unspecified atom stereocenters. The van der Waals surface area contributed by atoms with E-state index >= 15 is 0 Å². The lowest BCUT2D eigenvalue weighted by Crippen LogP contribution is -1.96. The third-order valence-corrected chi connectivity index (χ3v) is 3.14. The minimum atomic E-state index is -0.145. The van der Waals surface area contributed by atoms with Crippen LogP contribution in [-0.2, 0) is 7.05 Å². The molecule has 0 aliphatic rings. The Morgan fingerprint density at radius 3 is 2.23 bits per heavy atom. The second-order valence-corrected chi connectivity index (χ2v) is 4.55. The van der Waals surface area contributed by atoms with Gasteiger partial charge in [0.2, 0.25) is 0 Å². The van der Waals surface area contributed by atoms with E-state index in [4.69, 9.17) is 14.2 Å². The van der Waals surface area contributed by atoms with Gasteiger partial charge in [0.1, 0.15) is 17.2 Å². The third-order valence-electron chi connectivity index (χ3n) is 3.14. The number of nitrogens with zero attached hydrogens (tertiary/aromatic N) is 2. The molecule has 0 bridgehead atoms. The van der Waals surface area contributed by atoms with E-state index in [2.05, 4.69) is 5.10 Å². The molecule has 6 heteroatoms. The Morgan fingerprint density at radius 2 is 1.77 bits per heavy atom. The Morgan fingerprint density at radius 1 is 1.14 bits per heavy atom. The topological polar surface area (TPSA) is 62.6 Å². The maximum absolute atomic E-state index is 12.1. The number of aromatic nitrogens is 2. The number of carbonyl (C=O) groups is 1. The lowest BCUT2D eigenvalue weighted by atomic mass is 10.1. The highest BCUT2D eigenvalue weighted by Crippen LogP contribution is 2.35. The van der Waals surface area contributed by atoms with Gasteiger partial charge < -0.3 is 14.2 Å². The Bertz CT molecular complexity index is 679. The van der Waals surface area contributed by atoms with Crippen molar-refractivity contribution in [3.63, 3.8) is 0 Å². The van der Waals surface area contributed by atoms with E-state index in [1.807, 2.05) is 0 Å². The van der Waals surface area contributed by atoms with Crippen LogP contribution in [0, 0.1) is 0 Å². The molecule has 116 valence electrons. The number of hydrogen-bond donors (Lipinski definition) is 0. The Labute approximate surface area is 128 Å². The van der Waals surface area contributed by atoms with Crippen LogP contribution in [0.2, 0.25) is 0 Å². The number of aryl methyl sites for hydroxylation is 1. The van der Waals surface area contributed by atoms with E-state index in [0.29, 0.717) is 28.4 Å². The van der Waals surface area contributed by atoms with Gasteiger partial charge in [0, 0.05) is 25.4 Å². The maximum atomic E-state index is 12.1. The molecular weight excluding hydrogens is 284 g/mol. The number of rotatable bonds is 6. The molecule has 0 radical (unpaired) electrons. The number of benzene rings is 1. The monoisotopic (exact) mass is 302 g/mol. The molecule has 0 fully saturated rings. The smallest absolute Gasteiger partial charge is 0.189 e. The summed E-state index contributed by atoms with van der Waals surface area (Å²) in [5.74, 6) is 1.59. The Balaban J connectivity index is 2.35. The summed E-state index contributed by atoms with van der Waals surface area (Å²) in [6.07, 6.45) is 6.31. The molecule has 0 amide bonds. The van der Waals surface area contributed by atoms with E-state index in [1.54, 1.807) is 57.5 Å². The van der Waals surface area contributed by atoms with Crippen LogP contribution in [0.4, 0.5) is 0 Å². The average molecular weight is 302 g/mol. The Kier molecular flexibility index (Phi) is 4.83. The summed E-state index contributed by atoms with van der Waals surface area (Å²) in [5, 5.41) is 3.98. The lowest BCUT2D eigenvalue weighted by molar-refractivity contribution is 0.104. The number of hydrogen-bond acceptors (Lipinski definition) is 5. The molecular formula is C16H18N2O4. The van der Waals surface area contributed by atoms with Crippen molar-refractivity contribution in [3.8, 4) is 17.2 Å². The fourth-order valence-electron chi connectivity index (χ4n) is 2.00. The summed E-state index contributed by atoms with van der Waals surface area (Å²) in [4.78, 5) is 12.1. The van der Waals surface area contributed by atoms with Gasteiger partial charge in [-0.1, -0.05) is 0 Å². The van der Waals surface area contributed by atoms with Gasteiger partial charge in [-0.05, 0) is 12.2 Å². The van der Waals surface area contributed by atoms with E-state index in [9.17, 15) is 4.79 Å². The molecule has 2 rings (SSSR count). The zero-order valence-electron chi connectivity index (χ0n) is 13.0. The molecule has 22 heavy (non-hydrogen) atoms. The number of ketones is 1. The summed E-state index contributed by atoms with van der Waals surface area (Å²) >= 11 is 0. The van der Waals surface area contributed by atoms with Gasteiger partial charge in [-0.15, -0.1) is 0 Å². The Hall–Kier alpha value is -2.76. The molecule has 1 heterocycles. The number of allylic oxidation sites excluding steroid dienone is 1. The van der Waals surface area contributed by atoms with Crippen LogP contribution < -0.4 is 14.2 Å². The van der Waals surface area contributed by atoms with Crippen LogP contribution in [0.5, 0.6) is 17.2 Å². The minimum absolute atomic E-state index is 0.145. The number of carbonyl (C=O) groups excluding carboxylic acids is 1. The summed E-state index contributed by atoms with van der Waals surface area (Å²) in [5.41, 5.74) is 1.19. The summed E-state index contributed by atoms with van der Waals surface area (Å²) in [6.45, 7) is 0. The van der Waals surface area contributed by atoms with Crippen molar-refractivity contribution in [2.75, 3.05) is 21.3 Å².